The third-order valence-electron chi connectivity index (χ3n) is 1.92. The smallest absolute Gasteiger partial charge is 0.130 e. The zero-order valence-corrected chi connectivity index (χ0v) is 10.6. The van der Waals surface area contributed by atoms with Crippen molar-refractivity contribution in [1.82, 2.24) is 4.98 Å². The first-order chi connectivity index (χ1) is 7.54. The molecule has 0 aliphatic rings. The Kier molecular flexibility index (Phi) is 4.25. The normalized spacial score (nSPS) is 11.0. The van der Waals surface area contributed by atoms with Crippen molar-refractivity contribution in [3.8, 4) is 0 Å². The first-order valence-electron chi connectivity index (χ1n) is 4.55. The molecule has 4 nitrogen and oxygen atoms in total. The Balaban J connectivity index is 2.99. The van der Waals surface area contributed by atoms with E-state index in [0.717, 1.165) is 11.4 Å². The van der Waals surface area contributed by atoms with Gasteiger partial charge in [-0.3, -0.25) is 4.98 Å². The molecule has 5 heteroatoms. The number of nitrogens with zero attached hydrogens (tertiary/aromatic N) is 2. The zero-order valence-electron chi connectivity index (χ0n) is 9.00. The second-order valence-electron chi connectivity index (χ2n) is 3.12. The van der Waals surface area contributed by atoms with Gasteiger partial charge in [0, 0.05) is 10.7 Å². The number of hydrogen-bond donors (Lipinski definition) is 2. The molecule has 0 atom stereocenters. The van der Waals surface area contributed by atoms with Gasteiger partial charge in [0.2, 0.25) is 0 Å². The van der Waals surface area contributed by atoms with Gasteiger partial charge in [-0.1, -0.05) is 22.5 Å². The van der Waals surface area contributed by atoms with Crippen LogP contribution in [-0.4, -0.2) is 11.7 Å². The van der Waals surface area contributed by atoms with Gasteiger partial charge in [-0.25, -0.2) is 4.99 Å². The van der Waals surface area contributed by atoms with Gasteiger partial charge in [-0.15, -0.1) is 0 Å². The average Bonchev–Trinajstić information content (AvgIpc) is 2.23. The SMILES string of the molecule is C=N/C(=C\C(=C)Br)Nc1ccnc(C)c1N. The molecule has 0 fully saturated rings. The number of pyridine rings is 1. The van der Waals surface area contributed by atoms with Crippen molar-refractivity contribution in [3.63, 3.8) is 0 Å². The number of allylic oxidation sites excluding steroid dienone is 2. The Morgan fingerprint density at radius 3 is 2.94 bits per heavy atom. The van der Waals surface area contributed by atoms with E-state index in [9.17, 15) is 0 Å². The summed E-state index contributed by atoms with van der Waals surface area (Å²) >= 11 is 3.22. The number of aryl methyl sites for hydroxylation is 1. The number of aliphatic imine (C=N–C) groups is 1. The lowest BCUT2D eigenvalue weighted by Gasteiger charge is -2.10. The van der Waals surface area contributed by atoms with Crippen LogP contribution in [0.1, 0.15) is 5.69 Å². The maximum Gasteiger partial charge on any atom is 0.130 e. The van der Waals surface area contributed by atoms with E-state index in [0.29, 0.717) is 16.0 Å². The summed E-state index contributed by atoms with van der Waals surface area (Å²) in [5, 5.41) is 3.05. The van der Waals surface area contributed by atoms with Crippen LogP contribution in [-0.2, 0) is 0 Å². The number of nitrogens with one attached hydrogen (secondary N) is 1. The molecule has 0 aromatic carbocycles. The molecule has 0 bridgehead atoms. The minimum absolute atomic E-state index is 0.569. The van der Waals surface area contributed by atoms with Crippen molar-refractivity contribution in [3.05, 3.63) is 40.9 Å². The fraction of sp³-hybridized carbons (Fsp3) is 0.0909. The lowest BCUT2D eigenvalue weighted by atomic mass is 10.2. The fourth-order valence-electron chi connectivity index (χ4n) is 1.09. The Labute approximate surface area is 103 Å². The van der Waals surface area contributed by atoms with Crippen molar-refractivity contribution in [2.45, 2.75) is 6.92 Å². The Bertz CT molecular complexity index is 451. The van der Waals surface area contributed by atoms with Gasteiger partial charge in [-0.2, -0.15) is 0 Å². The maximum atomic E-state index is 5.87. The van der Waals surface area contributed by atoms with E-state index in [1.807, 2.05) is 6.92 Å². The van der Waals surface area contributed by atoms with Gasteiger partial charge in [0.1, 0.15) is 5.82 Å². The third-order valence-corrected chi connectivity index (χ3v) is 2.14. The van der Waals surface area contributed by atoms with Crippen molar-refractivity contribution in [2.24, 2.45) is 4.99 Å². The summed E-state index contributed by atoms with van der Waals surface area (Å²) < 4.78 is 0.701. The lowest BCUT2D eigenvalue weighted by Crippen LogP contribution is -2.03. The van der Waals surface area contributed by atoms with Crippen molar-refractivity contribution in [2.75, 3.05) is 11.1 Å². The van der Waals surface area contributed by atoms with Crippen molar-refractivity contribution >= 4 is 34.0 Å². The lowest BCUT2D eigenvalue weighted by molar-refractivity contribution is 1.20. The first-order valence-corrected chi connectivity index (χ1v) is 5.35. The Morgan fingerprint density at radius 1 is 1.69 bits per heavy atom. The van der Waals surface area contributed by atoms with E-state index in [2.05, 4.69) is 44.5 Å². The maximum absolute atomic E-state index is 5.87. The van der Waals surface area contributed by atoms with Crippen LogP contribution >= 0.6 is 15.9 Å². The third kappa shape index (κ3) is 3.20. The highest BCUT2D eigenvalue weighted by Gasteiger charge is 2.03. The van der Waals surface area contributed by atoms with Gasteiger partial charge in [0.05, 0.1) is 17.1 Å². The summed E-state index contributed by atoms with van der Waals surface area (Å²) in [5.74, 6) is 0.569. The van der Waals surface area contributed by atoms with Crippen LogP contribution in [0.4, 0.5) is 11.4 Å². The number of rotatable bonds is 4. The predicted molar refractivity (Wildman–Crippen MR) is 72.7 cm³/mol. The van der Waals surface area contributed by atoms with E-state index in [4.69, 9.17) is 5.73 Å². The van der Waals surface area contributed by atoms with Crippen LogP contribution in [0.3, 0.4) is 0 Å². The largest absolute Gasteiger partial charge is 0.396 e. The molecule has 0 saturated carbocycles. The highest BCUT2D eigenvalue weighted by atomic mass is 79.9. The van der Waals surface area contributed by atoms with E-state index < -0.39 is 0 Å². The number of nitrogen functional groups attached to an aromatic ring is 1. The van der Waals surface area contributed by atoms with Crippen molar-refractivity contribution < 1.29 is 0 Å². The minimum atomic E-state index is 0.569. The Morgan fingerprint density at radius 2 is 2.38 bits per heavy atom. The van der Waals surface area contributed by atoms with Crippen LogP contribution in [0.5, 0.6) is 0 Å². The van der Waals surface area contributed by atoms with Gasteiger partial charge < -0.3 is 11.1 Å². The van der Waals surface area contributed by atoms with Gasteiger partial charge in [-0.05, 0) is 25.8 Å². The standard InChI is InChI=1S/C11H13BrN4/c1-7(12)6-10(14-3)16-9-4-5-15-8(2)11(9)13/h4-6H,1,3,13H2,2H3,(H,15,16)/b10-6+. The zero-order chi connectivity index (χ0) is 12.1. The van der Waals surface area contributed by atoms with Crippen LogP contribution in [0.25, 0.3) is 0 Å². The summed E-state index contributed by atoms with van der Waals surface area (Å²) in [6.45, 7) is 9.00. The summed E-state index contributed by atoms with van der Waals surface area (Å²) in [7, 11) is 0. The minimum Gasteiger partial charge on any atom is -0.396 e. The van der Waals surface area contributed by atoms with Crippen LogP contribution in [0, 0.1) is 6.92 Å². The van der Waals surface area contributed by atoms with E-state index in [1.165, 1.54) is 0 Å². The van der Waals surface area contributed by atoms with Crippen LogP contribution in [0.2, 0.25) is 0 Å². The average molecular weight is 281 g/mol. The van der Waals surface area contributed by atoms with Gasteiger partial charge >= 0.3 is 0 Å². The topological polar surface area (TPSA) is 63.3 Å². The molecule has 16 heavy (non-hydrogen) atoms. The van der Waals surface area contributed by atoms with E-state index in [-0.39, 0.29) is 0 Å². The molecule has 0 aliphatic carbocycles. The number of nitrogens with two attached hydrogens (primary N) is 1. The molecule has 3 N–H and O–H groups in total. The molecule has 0 aliphatic heterocycles. The summed E-state index contributed by atoms with van der Waals surface area (Å²) in [6.07, 6.45) is 3.39. The molecule has 1 aromatic heterocycles. The van der Waals surface area contributed by atoms with Gasteiger partial charge in [0.15, 0.2) is 0 Å². The molecular weight excluding hydrogens is 268 g/mol. The number of aromatic nitrogens is 1. The number of hydrogen-bond acceptors (Lipinski definition) is 4. The quantitative estimate of drug-likeness (QED) is 0.659. The molecule has 1 heterocycles. The van der Waals surface area contributed by atoms with E-state index >= 15 is 0 Å². The molecule has 0 amide bonds. The second-order valence-corrected chi connectivity index (χ2v) is 4.14. The summed E-state index contributed by atoms with van der Waals surface area (Å²) in [5.41, 5.74) is 7.98. The molecule has 0 unspecified atom stereocenters. The molecular formula is C11H13BrN4. The molecule has 0 radical (unpaired) electrons. The highest BCUT2D eigenvalue weighted by molar-refractivity contribution is 9.11. The molecule has 1 rings (SSSR count). The summed E-state index contributed by atoms with van der Waals surface area (Å²) in [6, 6.07) is 1.78. The van der Waals surface area contributed by atoms with Crippen LogP contribution < -0.4 is 11.1 Å². The molecule has 84 valence electrons. The number of halogens is 1. The molecule has 0 saturated heterocycles. The van der Waals surface area contributed by atoms with E-state index in [1.54, 1.807) is 18.3 Å². The Hall–Kier alpha value is -1.62. The molecule has 1 aromatic rings. The first kappa shape index (κ1) is 12.4. The second kappa shape index (κ2) is 5.46. The monoisotopic (exact) mass is 280 g/mol. The highest BCUT2D eigenvalue weighted by Crippen LogP contribution is 2.22. The van der Waals surface area contributed by atoms with Crippen LogP contribution in [0.15, 0.2) is 40.2 Å². The molecule has 0 spiro atoms. The predicted octanol–water partition coefficient (Wildman–Crippen LogP) is 2.83. The fourth-order valence-corrected chi connectivity index (χ4v) is 1.31. The summed E-state index contributed by atoms with van der Waals surface area (Å²) in [4.78, 5) is 7.90. The van der Waals surface area contributed by atoms with Crippen molar-refractivity contribution in [1.29, 1.82) is 0 Å². The van der Waals surface area contributed by atoms with Gasteiger partial charge in [0.25, 0.3) is 0 Å². The number of anilines is 2.